The van der Waals surface area contributed by atoms with E-state index in [1.54, 1.807) is 36.4 Å². The largest absolute Gasteiger partial charge is 0.326 e. The zero-order valence-electron chi connectivity index (χ0n) is 13.2. The molecule has 0 fully saturated rings. The number of carbonyl (C=O) groups excluding carboxylic acids is 1. The zero-order chi connectivity index (χ0) is 18.0. The summed E-state index contributed by atoms with van der Waals surface area (Å²) in [7, 11) is -3.78. The van der Waals surface area contributed by atoms with Crippen molar-refractivity contribution in [3.63, 3.8) is 0 Å². The minimum Gasteiger partial charge on any atom is -0.326 e. The van der Waals surface area contributed by atoms with Crippen LogP contribution in [-0.4, -0.2) is 19.3 Å². The van der Waals surface area contributed by atoms with Gasteiger partial charge in [0.2, 0.25) is 11.5 Å². The van der Waals surface area contributed by atoms with Gasteiger partial charge in [-0.1, -0.05) is 0 Å². The smallest absolute Gasteiger partial charge is 0.261 e. The molecule has 1 aromatic heterocycles. The van der Waals surface area contributed by atoms with Gasteiger partial charge in [0.05, 0.1) is 4.90 Å². The lowest BCUT2D eigenvalue weighted by atomic mass is 10.2. The van der Waals surface area contributed by atoms with Gasteiger partial charge < -0.3 is 10.3 Å². The molecule has 0 aliphatic rings. The number of benzene rings is 2. The molecule has 0 saturated carbocycles. The lowest BCUT2D eigenvalue weighted by Crippen LogP contribution is -2.13. The van der Waals surface area contributed by atoms with Gasteiger partial charge in [-0.05, 0) is 53.9 Å². The van der Waals surface area contributed by atoms with Crippen molar-refractivity contribution in [2.24, 2.45) is 0 Å². The zero-order valence-corrected chi connectivity index (χ0v) is 14.1. The fourth-order valence-corrected chi connectivity index (χ4v) is 3.43. The van der Waals surface area contributed by atoms with Crippen molar-refractivity contribution in [3.05, 3.63) is 65.0 Å². The third-order valence-corrected chi connectivity index (χ3v) is 4.84. The molecule has 0 saturated heterocycles. The molecule has 0 radical (unpaired) electrons. The molecular weight excluding hydrogens is 342 g/mol. The molecule has 2 aromatic carbocycles. The van der Waals surface area contributed by atoms with E-state index in [9.17, 15) is 18.0 Å². The Morgan fingerprint density at radius 2 is 1.64 bits per heavy atom. The molecule has 3 N–H and O–H groups in total. The van der Waals surface area contributed by atoms with Crippen molar-refractivity contribution in [1.29, 1.82) is 0 Å². The highest BCUT2D eigenvalue weighted by molar-refractivity contribution is 7.92. The average Bonchev–Trinajstić information content (AvgIpc) is 2.55. The van der Waals surface area contributed by atoms with Crippen LogP contribution in [0.1, 0.15) is 6.92 Å². The topological polar surface area (TPSA) is 108 Å². The van der Waals surface area contributed by atoms with Crippen LogP contribution in [0.2, 0.25) is 0 Å². The molecule has 0 bridgehead atoms. The van der Waals surface area contributed by atoms with E-state index >= 15 is 0 Å². The van der Waals surface area contributed by atoms with E-state index in [1.165, 1.54) is 25.1 Å². The van der Waals surface area contributed by atoms with Crippen molar-refractivity contribution in [3.8, 4) is 0 Å². The van der Waals surface area contributed by atoms with Crippen molar-refractivity contribution >= 4 is 38.2 Å². The van der Waals surface area contributed by atoms with Crippen LogP contribution in [0.4, 0.5) is 11.4 Å². The maximum atomic E-state index is 12.5. The summed E-state index contributed by atoms with van der Waals surface area (Å²) in [5, 5.41) is 3.22. The minimum absolute atomic E-state index is 0.0815. The number of sulfonamides is 1. The molecule has 0 spiro atoms. The highest BCUT2D eigenvalue weighted by Gasteiger charge is 2.15. The monoisotopic (exact) mass is 357 g/mol. The predicted octanol–water partition coefficient (Wildman–Crippen LogP) is 2.29. The molecule has 25 heavy (non-hydrogen) atoms. The van der Waals surface area contributed by atoms with E-state index in [4.69, 9.17) is 0 Å². The van der Waals surface area contributed by atoms with E-state index in [2.05, 4.69) is 15.0 Å². The Bertz CT molecular complexity index is 1100. The molecule has 0 atom stereocenters. The molecule has 0 unspecified atom stereocenters. The summed E-state index contributed by atoms with van der Waals surface area (Å²) in [6, 6.07) is 13.7. The quantitative estimate of drug-likeness (QED) is 0.666. The second kappa shape index (κ2) is 6.40. The average molecular weight is 357 g/mol. The van der Waals surface area contributed by atoms with Crippen molar-refractivity contribution in [2.45, 2.75) is 11.8 Å². The highest BCUT2D eigenvalue weighted by Crippen LogP contribution is 2.21. The van der Waals surface area contributed by atoms with Crippen LogP contribution in [0.5, 0.6) is 0 Å². The van der Waals surface area contributed by atoms with Gasteiger partial charge in [0, 0.05) is 29.9 Å². The number of aromatic amines is 1. The van der Waals surface area contributed by atoms with Gasteiger partial charge in [-0.3, -0.25) is 14.3 Å². The number of carbonyl (C=O) groups is 1. The summed E-state index contributed by atoms with van der Waals surface area (Å²) >= 11 is 0. The van der Waals surface area contributed by atoms with Crippen LogP contribution in [0, 0.1) is 0 Å². The summed E-state index contributed by atoms with van der Waals surface area (Å²) in [6.07, 6.45) is 0. The van der Waals surface area contributed by atoms with Gasteiger partial charge in [-0.15, -0.1) is 0 Å². The Hall–Kier alpha value is -3.13. The number of amides is 1. The third kappa shape index (κ3) is 3.86. The number of fused-ring (bicyclic) bond motifs is 1. The normalized spacial score (nSPS) is 11.2. The van der Waals surface area contributed by atoms with Crippen LogP contribution in [-0.2, 0) is 14.8 Å². The lowest BCUT2D eigenvalue weighted by molar-refractivity contribution is -0.114. The number of H-pyrrole nitrogens is 1. The second-order valence-corrected chi connectivity index (χ2v) is 7.12. The number of pyridine rings is 1. The van der Waals surface area contributed by atoms with Gasteiger partial charge in [0.1, 0.15) is 0 Å². The summed E-state index contributed by atoms with van der Waals surface area (Å²) < 4.78 is 27.5. The van der Waals surface area contributed by atoms with Crippen molar-refractivity contribution in [1.82, 2.24) is 4.98 Å². The first-order valence-electron chi connectivity index (χ1n) is 7.37. The molecule has 3 rings (SSSR count). The standard InChI is InChI=1S/C17H15N3O4S/c1-11(21)18-13-3-5-14(6-4-13)20-25(23,24)15-7-8-16-12(10-15)2-9-17(22)19-16/h2-10,20H,1H3,(H,18,21)(H,19,22). The fraction of sp³-hybridized carbons (Fsp3) is 0.0588. The SMILES string of the molecule is CC(=O)Nc1ccc(NS(=O)(=O)c2ccc3[nH]c(=O)ccc3c2)cc1. The van der Waals surface area contributed by atoms with Gasteiger partial charge in [0.15, 0.2) is 0 Å². The maximum Gasteiger partial charge on any atom is 0.261 e. The van der Waals surface area contributed by atoms with Crippen molar-refractivity contribution in [2.75, 3.05) is 10.0 Å². The van der Waals surface area contributed by atoms with Gasteiger partial charge in [-0.25, -0.2) is 8.42 Å². The van der Waals surface area contributed by atoms with E-state index < -0.39 is 10.0 Å². The molecule has 0 aliphatic heterocycles. The van der Waals surface area contributed by atoms with Crippen LogP contribution >= 0.6 is 0 Å². The predicted molar refractivity (Wildman–Crippen MR) is 96.1 cm³/mol. The third-order valence-electron chi connectivity index (χ3n) is 3.46. The molecular formula is C17H15N3O4S. The Balaban J connectivity index is 1.87. The summed E-state index contributed by atoms with van der Waals surface area (Å²) in [4.78, 5) is 25.0. The van der Waals surface area contributed by atoms with Crippen LogP contribution < -0.4 is 15.6 Å². The Morgan fingerprint density at radius 1 is 0.960 bits per heavy atom. The number of nitrogens with one attached hydrogen (secondary N) is 3. The van der Waals surface area contributed by atoms with E-state index in [0.717, 1.165) is 0 Å². The molecule has 1 amide bonds. The minimum atomic E-state index is -3.78. The first-order valence-corrected chi connectivity index (χ1v) is 8.85. The first-order chi connectivity index (χ1) is 11.8. The first kappa shape index (κ1) is 16.7. The van der Waals surface area contributed by atoms with Crippen molar-refractivity contribution < 1.29 is 13.2 Å². The van der Waals surface area contributed by atoms with Gasteiger partial charge in [0.25, 0.3) is 10.0 Å². The molecule has 7 nitrogen and oxygen atoms in total. The van der Waals surface area contributed by atoms with E-state index in [-0.39, 0.29) is 16.4 Å². The summed E-state index contributed by atoms with van der Waals surface area (Å²) in [6.45, 7) is 1.39. The Labute approximate surface area is 143 Å². The fourth-order valence-electron chi connectivity index (χ4n) is 2.34. The lowest BCUT2D eigenvalue weighted by Gasteiger charge is -2.10. The molecule has 0 aliphatic carbocycles. The van der Waals surface area contributed by atoms with E-state index in [1.807, 2.05) is 0 Å². The van der Waals surface area contributed by atoms with Gasteiger partial charge >= 0.3 is 0 Å². The van der Waals surface area contributed by atoms with Crippen LogP contribution in [0.3, 0.4) is 0 Å². The Morgan fingerprint density at radius 3 is 2.32 bits per heavy atom. The second-order valence-electron chi connectivity index (χ2n) is 5.44. The Kier molecular flexibility index (Phi) is 4.28. The summed E-state index contributed by atoms with van der Waals surface area (Å²) in [5.41, 5.74) is 1.26. The molecule has 3 aromatic rings. The highest BCUT2D eigenvalue weighted by atomic mass is 32.2. The molecule has 8 heteroatoms. The number of hydrogen-bond donors (Lipinski definition) is 3. The number of rotatable bonds is 4. The number of anilines is 2. The maximum absolute atomic E-state index is 12.5. The van der Waals surface area contributed by atoms with E-state index in [0.29, 0.717) is 22.3 Å². The number of hydrogen-bond acceptors (Lipinski definition) is 4. The van der Waals surface area contributed by atoms with Gasteiger partial charge in [-0.2, -0.15) is 0 Å². The molecule has 1 heterocycles. The van der Waals surface area contributed by atoms with Crippen LogP contribution in [0.25, 0.3) is 10.9 Å². The number of aromatic nitrogens is 1. The van der Waals surface area contributed by atoms with Crippen LogP contribution in [0.15, 0.2) is 64.3 Å². The molecule has 128 valence electrons. The summed E-state index contributed by atoms with van der Waals surface area (Å²) in [5.74, 6) is -0.206.